The molecule has 1 fully saturated rings. The van der Waals surface area contributed by atoms with Gasteiger partial charge >= 0.3 is 0 Å². The van der Waals surface area contributed by atoms with Crippen molar-refractivity contribution < 1.29 is 9.15 Å². The third-order valence-corrected chi connectivity index (χ3v) is 4.09. The summed E-state index contributed by atoms with van der Waals surface area (Å²) in [7, 11) is 4.09. The normalized spacial score (nSPS) is 17.9. The molecule has 0 aromatic carbocycles. The molecule has 0 bridgehead atoms. The minimum Gasteiger partial charge on any atom is -0.468 e. The smallest absolute Gasteiger partial charge is 0.191 e. The van der Waals surface area contributed by atoms with Gasteiger partial charge in [-0.05, 0) is 33.2 Å². The van der Waals surface area contributed by atoms with Crippen molar-refractivity contribution in [1.29, 1.82) is 0 Å². The first-order valence-electron chi connectivity index (χ1n) is 8.72. The number of nitrogens with zero attached hydrogens (tertiary/aromatic N) is 3. The van der Waals surface area contributed by atoms with Crippen LogP contribution in [0, 0.1) is 0 Å². The Balaban J connectivity index is 1.84. The zero-order valence-corrected chi connectivity index (χ0v) is 15.1. The highest BCUT2D eigenvalue weighted by atomic mass is 16.5. The highest BCUT2D eigenvalue weighted by Gasteiger charge is 2.16. The van der Waals surface area contributed by atoms with E-state index < -0.39 is 0 Å². The largest absolute Gasteiger partial charge is 0.468 e. The second kappa shape index (κ2) is 10.3. The molecule has 24 heavy (non-hydrogen) atoms. The fourth-order valence-corrected chi connectivity index (χ4v) is 2.67. The molecule has 0 aliphatic carbocycles. The summed E-state index contributed by atoms with van der Waals surface area (Å²) in [6.07, 6.45) is 1.71. The summed E-state index contributed by atoms with van der Waals surface area (Å²) in [4.78, 5) is 9.26. The minimum absolute atomic E-state index is 0.134. The molecule has 2 rings (SSSR count). The SMILES string of the molecule is CCNC(=NCC(c1ccco1)N(C)C)NCCN1CCOCC1. The van der Waals surface area contributed by atoms with Gasteiger partial charge in [-0.3, -0.25) is 14.8 Å². The molecule has 1 atom stereocenters. The number of morpholine rings is 1. The molecule has 0 radical (unpaired) electrons. The van der Waals surface area contributed by atoms with Crippen molar-refractivity contribution in [3.05, 3.63) is 24.2 Å². The first-order valence-corrected chi connectivity index (χ1v) is 8.72. The Morgan fingerprint density at radius 3 is 2.75 bits per heavy atom. The van der Waals surface area contributed by atoms with E-state index in [0.717, 1.165) is 57.7 Å². The van der Waals surface area contributed by atoms with Crippen LogP contribution in [-0.2, 0) is 4.74 Å². The van der Waals surface area contributed by atoms with Gasteiger partial charge in [0.15, 0.2) is 5.96 Å². The van der Waals surface area contributed by atoms with Gasteiger partial charge in [0.05, 0.1) is 32.1 Å². The van der Waals surface area contributed by atoms with E-state index in [0.29, 0.717) is 6.54 Å². The van der Waals surface area contributed by atoms with Crippen LogP contribution < -0.4 is 10.6 Å². The monoisotopic (exact) mass is 337 g/mol. The lowest BCUT2D eigenvalue weighted by Crippen LogP contribution is -2.44. The number of guanidine groups is 1. The number of aliphatic imine (C=N–C) groups is 1. The molecule has 0 saturated carbocycles. The van der Waals surface area contributed by atoms with E-state index in [2.05, 4.69) is 27.4 Å². The van der Waals surface area contributed by atoms with Crippen molar-refractivity contribution in [1.82, 2.24) is 20.4 Å². The van der Waals surface area contributed by atoms with Gasteiger partial charge in [0.1, 0.15) is 5.76 Å². The van der Waals surface area contributed by atoms with E-state index in [9.17, 15) is 0 Å². The summed E-state index contributed by atoms with van der Waals surface area (Å²) >= 11 is 0. The summed E-state index contributed by atoms with van der Waals surface area (Å²) in [6.45, 7) is 9.14. The molecular weight excluding hydrogens is 306 g/mol. The molecule has 136 valence electrons. The Labute approximate surface area is 145 Å². The molecule has 0 spiro atoms. The van der Waals surface area contributed by atoms with E-state index in [1.165, 1.54) is 0 Å². The van der Waals surface area contributed by atoms with E-state index >= 15 is 0 Å². The number of rotatable bonds is 8. The van der Waals surface area contributed by atoms with Crippen LogP contribution in [0.15, 0.2) is 27.8 Å². The number of furan rings is 1. The van der Waals surface area contributed by atoms with E-state index in [4.69, 9.17) is 14.1 Å². The van der Waals surface area contributed by atoms with E-state index in [-0.39, 0.29) is 6.04 Å². The lowest BCUT2D eigenvalue weighted by atomic mass is 10.2. The van der Waals surface area contributed by atoms with Crippen molar-refractivity contribution in [2.45, 2.75) is 13.0 Å². The molecule has 7 nitrogen and oxygen atoms in total. The molecule has 2 N–H and O–H groups in total. The third-order valence-electron chi connectivity index (χ3n) is 4.09. The summed E-state index contributed by atoms with van der Waals surface area (Å²) in [6, 6.07) is 4.05. The number of nitrogens with one attached hydrogen (secondary N) is 2. The van der Waals surface area contributed by atoms with Gasteiger partial charge in [0.2, 0.25) is 0 Å². The van der Waals surface area contributed by atoms with Crippen LogP contribution in [0.4, 0.5) is 0 Å². The van der Waals surface area contributed by atoms with Crippen LogP contribution in [0.25, 0.3) is 0 Å². The molecular formula is C17H31N5O2. The topological polar surface area (TPSA) is 65.3 Å². The van der Waals surface area contributed by atoms with Gasteiger partial charge in [0.25, 0.3) is 0 Å². The second-order valence-electron chi connectivity index (χ2n) is 6.10. The molecule has 1 aliphatic heterocycles. The molecule has 0 amide bonds. The summed E-state index contributed by atoms with van der Waals surface area (Å²) in [5.41, 5.74) is 0. The van der Waals surface area contributed by atoms with Crippen LogP contribution >= 0.6 is 0 Å². The Morgan fingerprint density at radius 2 is 2.12 bits per heavy atom. The Bertz CT molecular complexity index is 469. The van der Waals surface area contributed by atoms with Crippen LogP contribution in [0.5, 0.6) is 0 Å². The van der Waals surface area contributed by atoms with Gasteiger partial charge in [0, 0.05) is 32.7 Å². The van der Waals surface area contributed by atoms with E-state index in [1.54, 1.807) is 6.26 Å². The van der Waals surface area contributed by atoms with Crippen molar-refractivity contribution in [3.63, 3.8) is 0 Å². The Morgan fingerprint density at radius 1 is 1.33 bits per heavy atom. The van der Waals surface area contributed by atoms with Gasteiger partial charge in [-0.25, -0.2) is 0 Å². The zero-order chi connectivity index (χ0) is 17.2. The minimum atomic E-state index is 0.134. The quantitative estimate of drug-likeness (QED) is 0.540. The summed E-state index contributed by atoms with van der Waals surface area (Å²) < 4.78 is 10.9. The predicted octanol–water partition coefficient (Wildman–Crippen LogP) is 0.770. The van der Waals surface area contributed by atoms with Crippen LogP contribution in [-0.4, -0.2) is 82.3 Å². The Kier molecular flexibility index (Phi) is 8.07. The molecule has 7 heteroatoms. The number of hydrogen-bond acceptors (Lipinski definition) is 5. The third kappa shape index (κ3) is 6.14. The molecule has 1 aliphatic rings. The predicted molar refractivity (Wildman–Crippen MR) is 96.4 cm³/mol. The number of likely N-dealkylation sites (N-methyl/N-ethyl adjacent to an activating group) is 1. The molecule has 1 saturated heterocycles. The maximum atomic E-state index is 5.54. The van der Waals surface area contributed by atoms with Crippen LogP contribution in [0.2, 0.25) is 0 Å². The van der Waals surface area contributed by atoms with Crippen molar-refractivity contribution in [2.75, 3.05) is 66.6 Å². The number of hydrogen-bond donors (Lipinski definition) is 2. The van der Waals surface area contributed by atoms with Gasteiger partial charge < -0.3 is 19.8 Å². The number of ether oxygens (including phenoxy) is 1. The summed E-state index contributed by atoms with van der Waals surface area (Å²) in [5.74, 6) is 1.79. The summed E-state index contributed by atoms with van der Waals surface area (Å²) in [5, 5.41) is 6.72. The zero-order valence-electron chi connectivity index (χ0n) is 15.1. The molecule has 1 unspecified atom stereocenters. The van der Waals surface area contributed by atoms with E-state index in [1.807, 2.05) is 26.2 Å². The van der Waals surface area contributed by atoms with Gasteiger partial charge in [-0.2, -0.15) is 0 Å². The lowest BCUT2D eigenvalue weighted by molar-refractivity contribution is 0.0389. The highest BCUT2D eigenvalue weighted by Crippen LogP contribution is 2.18. The van der Waals surface area contributed by atoms with Crippen molar-refractivity contribution in [2.24, 2.45) is 4.99 Å². The fraction of sp³-hybridized carbons (Fsp3) is 0.706. The van der Waals surface area contributed by atoms with Crippen molar-refractivity contribution >= 4 is 5.96 Å². The first kappa shape index (κ1) is 18.8. The lowest BCUT2D eigenvalue weighted by Gasteiger charge is -2.27. The highest BCUT2D eigenvalue weighted by molar-refractivity contribution is 5.79. The van der Waals surface area contributed by atoms with Gasteiger partial charge in [-0.15, -0.1) is 0 Å². The molecule has 1 aromatic heterocycles. The maximum Gasteiger partial charge on any atom is 0.191 e. The van der Waals surface area contributed by atoms with Crippen LogP contribution in [0.3, 0.4) is 0 Å². The fourth-order valence-electron chi connectivity index (χ4n) is 2.67. The average molecular weight is 337 g/mol. The van der Waals surface area contributed by atoms with Crippen molar-refractivity contribution in [3.8, 4) is 0 Å². The van der Waals surface area contributed by atoms with Crippen LogP contribution in [0.1, 0.15) is 18.7 Å². The molecule has 2 heterocycles. The standard InChI is InChI=1S/C17H31N5O2/c1-4-18-17(19-7-8-22-9-12-23-13-10-22)20-14-15(21(2)3)16-6-5-11-24-16/h5-6,11,15H,4,7-10,12-14H2,1-3H3,(H2,18,19,20). The molecule has 1 aromatic rings. The van der Waals surface area contributed by atoms with Gasteiger partial charge in [-0.1, -0.05) is 0 Å². The Hall–Kier alpha value is -1.57. The average Bonchev–Trinajstić information content (AvgIpc) is 3.10. The second-order valence-corrected chi connectivity index (χ2v) is 6.10. The maximum absolute atomic E-state index is 5.54. The first-order chi connectivity index (χ1) is 11.7.